The molecule has 7 nitrogen and oxygen atoms in total. The molecule has 22 heavy (non-hydrogen) atoms. The molecular weight excluding hydrogens is 293 g/mol. The minimum Gasteiger partial charge on any atom is -0.448 e. The molecule has 0 unspecified atom stereocenters. The Morgan fingerprint density at radius 1 is 1.36 bits per heavy atom. The van der Waals surface area contributed by atoms with E-state index in [4.69, 9.17) is 10.2 Å². The maximum atomic E-state index is 13.7. The van der Waals surface area contributed by atoms with Gasteiger partial charge in [0.2, 0.25) is 5.58 Å². The van der Waals surface area contributed by atoms with Crippen molar-refractivity contribution in [3.8, 4) is 11.3 Å². The summed E-state index contributed by atoms with van der Waals surface area (Å²) in [4.78, 5) is 26.2. The van der Waals surface area contributed by atoms with Gasteiger partial charge in [0.1, 0.15) is 5.76 Å². The van der Waals surface area contributed by atoms with Crippen LogP contribution in [-0.4, -0.2) is 9.91 Å². The van der Waals surface area contributed by atoms with Crippen molar-refractivity contribution in [2.75, 3.05) is 5.73 Å². The van der Waals surface area contributed by atoms with Crippen molar-refractivity contribution in [3.05, 3.63) is 62.8 Å². The van der Waals surface area contributed by atoms with Crippen molar-refractivity contribution in [2.45, 2.75) is 0 Å². The van der Waals surface area contributed by atoms with E-state index >= 15 is 0 Å². The van der Waals surface area contributed by atoms with Crippen LogP contribution in [0.3, 0.4) is 0 Å². The molecule has 1 aromatic carbocycles. The van der Waals surface area contributed by atoms with Gasteiger partial charge in [-0.3, -0.25) is 19.9 Å². The van der Waals surface area contributed by atoms with E-state index in [-0.39, 0.29) is 16.7 Å². The average Bonchev–Trinajstić information content (AvgIpc) is 2.49. The highest BCUT2D eigenvalue weighted by atomic mass is 19.1. The van der Waals surface area contributed by atoms with Gasteiger partial charge in [-0.1, -0.05) is 0 Å². The van der Waals surface area contributed by atoms with E-state index in [1.807, 2.05) is 0 Å². The maximum absolute atomic E-state index is 13.7. The van der Waals surface area contributed by atoms with Gasteiger partial charge in [0.15, 0.2) is 16.9 Å². The van der Waals surface area contributed by atoms with Crippen LogP contribution in [0.4, 0.5) is 15.8 Å². The molecule has 0 aliphatic heterocycles. The Kier molecular flexibility index (Phi) is 3.06. The zero-order chi connectivity index (χ0) is 15.9. The molecule has 3 rings (SSSR count). The number of anilines is 1. The largest absolute Gasteiger partial charge is 0.448 e. The normalized spacial score (nSPS) is 10.8. The van der Waals surface area contributed by atoms with Gasteiger partial charge in [-0.15, -0.1) is 0 Å². The fourth-order valence-corrected chi connectivity index (χ4v) is 2.09. The second kappa shape index (κ2) is 4.92. The number of benzene rings is 1. The lowest BCUT2D eigenvalue weighted by atomic mass is 10.1. The molecule has 2 heterocycles. The number of rotatable bonds is 2. The number of nitro groups is 1. The number of hydrogen-bond donors (Lipinski definition) is 1. The summed E-state index contributed by atoms with van der Waals surface area (Å²) < 4.78 is 19.1. The lowest BCUT2D eigenvalue weighted by Crippen LogP contribution is -2.06. The van der Waals surface area contributed by atoms with E-state index in [9.17, 15) is 19.3 Å². The highest BCUT2D eigenvalue weighted by Gasteiger charge is 2.25. The zero-order valence-corrected chi connectivity index (χ0v) is 10.9. The van der Waals surface area contributed by atoms with Gasteiger partial charge in [0.05, 0.1) is 10.3 Å². The summed E-state index contributed by atoms with van der Waals surface area (Å²) in [6, 6.07) is 5.19. The van der Waals surface area contributed by atoms with E-state index < -0.39 is 27.5 Å². The van der Waals surface area contributed by atoms with Crippen LogP contribution in [0.15, 0.2) is 45.9 Å². The van der Waals surface area contributed by atoms with Crippen LogP contribution in [0.1, 0.15) is 0 Å². The van der Waals surface area contributed by atoms with Gasteiger partial charge in [-0.25, -0.2) is 4.39 Å². The van der Waals surface area contributed by atoms with Crippen LogP contribution in [0.25, 0.3) is 22.3 Å². The Morgan fingerprint density at radius 3 is 2.77 bits per heavy atom. The summed E-state index contributed by atoms with van der Waals surface area (Å²) in [7, 11) is 0. The number of pyridine rings is 1. The summed E-state index contributed by atoms with van der Waals surface area (Å²) in [5.41, 5.74) is 3.44. The molecule has 0 atom stereocenters. The van der Waals surface area contributed by atoms with E-state index in [0.29, 0.717) is 5.56 Å². The fourth-order valence-electron chi connectivity index (χ4n) is 2.09. The van der Waals surface area contributed by atoms with Gasteiger partial charge in [0.25, 0.3) is 0 Å². The van der Waals surface area contributed by atoms with Crippen LogP contribution in [0, 0.1) is 15.9 Å². The van der Waals surface area contributed by atoms with Gasteiger partial charge in [-0.05, 0) is 18.2 Å². The molecule has 8 heteroatoms. The molecule has 0 radical (unpaired) electrons. The van der Waals surface area contributed by atoms with Crippen molar-refractivity contribution >= 4 is 22.3 Å². The van der Waals surface area contributed by atoms with Crippen LogP contribution >= 0.6 is 0 Å². The van der Waals surface area contributed by atoms with Gasteiger partial charge < -0.3 is 10.2 Å². The lowest BCUT2D eigenvalue weighted by Gasteiger charge is -2.05. The average molecular weight is 301 g/mol. The molecule has 2 N–H and O–H groups in total. The second-order valence-corrected chi connectivity index (χ2v) is 4.47. The number of hydrogen-bond acceptors (Lipinski definition) is 6. The van der Waals surface area contributed by atoms with E-state index in [1.54, 1.807) is 12.1 Å². The number of nitro benzene ring substituents is 1. The smallest absolute Gasteiger partial charge is 0.338 e. The predicted octanol–water partition coefficient (Wildman–Crippen LogP) is 2.48. The van der Waals surface area contributed by atoms with Crippen LogP contribution in [-0.2, 0) is 0 Å². The molecule has 3 aromatic rings. The lowest BCUT2D eigenvalue weighted by molar-refractivity contribution is -0.382. The standard InChI is InChI=1S/C14H8FN3O4/c15-9-4-8-10(19)5-11(7-2-1-3-17-6-7)22-14(8)13(12(9)16)18(20)21/h1-6H,16H2. The molecule has 0 amide bonds. The minimum atomic E-state index is -1.04. The number of halogens is 1. The number of nitrogen functional groups attached to an aromatic ring is 1. The van der Waals surface area contributed by atoms with E-state index in [0.717, 1.165) is 12.1 Å². The third-order valence-corrected chi connectivity index (χ3v) is 3.11. The third kappa shape index (κ3) is 2.06. The summed E-state index contributed by atoms with van der Waals surface area (Å²) >= 11 is 0. The van der Waals surface area contributed by atoms with Gasteiger partial charge in [0, 0.05) is 24.0 Å². The molecule has 0 saturated heterocycles. The van der Waals surface area contributed by atoms with Crippen molar-refractivity contribution in [2.24, 2.45) is 0 Å². The van der Waals surface area contributed by atoms with Crippen molar-refractivity contribution < 1.29 is 13.7 Å². The minimum absolute atomic E-state index is 0.0831. The predicted molar refractivity (Wildman–Crippen MR) is 76.7 cm³/mol. The molecule has 0 spiro atoms. The van der Waals surface area contributed by atoms with Crippen LogP contribution < -0.4 is 11.2 Å². The van der Waals surface area contributed by atoms with Gasteiger partial charge >= 0.3 is 5.69 Å². The summed E-state index contributed by atoms with van der Waals surface area (Å²) in [6.07, 6.45) is 2.96. The Hall–Kier alpha value is -3.29. The first-order valence-corrected chi connectivity index (χ1v) is 6.09. The molecule has 0 aliphatic carbocycles. The fraction of sp³-hybridized carbons (Fsp3) is 0. The molecule has 0 fully saturated rings. The van der Waals surface area contributed by atoms with Crippen molar-refractivity contribution in [3.63, 3.8) is 0 Å². The van der Waals surface area contributed by atoms with Crippen LogP contribution in [0.2, 0.25) is 0 Å². The van der Waals surface area contributed by atoms with E-state index in [1.165, 1.54) is 12.4 Å². The third-order valence-electron chi connectivity index (χ3n) is 3.11. The number of nitrogens with zero attached hydrogens (tertiary/aromatic N) is 2. The number of fused-ring (bicyclic) bond motifs is 1. The molecule has 0 bridgehead atoms. The first-order valence-electron chi connectivity index (χ1n) is 6.09. The molecular formula is C14H8FN3O4. The maximum Gasteiger partial charge on any atom is 0.338 e. The topological polar surface area (TPSA) is 112 Å². The highest BCUT2D eigenvalue weighted by molar-refractivity contribution is 5.92. The molecule has 0 aliphatic rings. The number of nitrogens with two attached hydrogens (primary N) is 1. The Morgan fingerprint density at radius 2 is 2.14 bits per heavy atom. The molecule has 2 aromatic heterocycles. The summed E-state index contributed by atoms with van der Waals surface area (Å²) in [5.74, 6) is -0.958. The zero-order valence-electron chi connectivity index (χ0n) is 10.9. The Labute approximate surface area is 122 Å². The first-order chi connectivity index (χ1) is 10.5. The summed E-state index contributed by atoms with van der Waals surface area (Å²) in [6.45, 7) is 0. The monoisotopic (exact) mass is 301 g/mol. The van der Waals surface area contributed by atoms with Gasteiger partial charge in [-0.2, -0.15) is 0 Å². The van der Waals surface area contributed by atoms with Crippen molar-refractivity contribution in [1.82, 2.24) is 4.98 Å². The summed E-state index contributed by atoms with van der Waals surface area (Å²) in [5, 5.41) is 10.9. The van der Waals surface area contributed by atoms with E-state index in [2.05, 4.69) is 4.98 Å². The number of aromatic nitrogens is 1. The van der Waals surface area contributed by atoms with Crippen molar-refractivity contribution in [1.29, 1.82) is 0 Å². The van der Waals surface area contributed by atoms with Crippen LogP contribution in [0.5, 0.6) is 0 Å². The Bertz CT molecular complexity index is 954. The Balaban J connectivity index is 2.43. The SMILES string of the molecule is Nc1c(F)cc2c(=O)cc(-c3cccnc3)oc2c1[N+](=O)[O-]. The highest BCUT2D eigenvalue weighted by Crippen LogP contribution is 2.34. The molecule has 110 valence electrons. The second-order valence-electron chi connectivity index (χ2n) is 4.47. The first kappa shape index (κ1) is 13.7. The quantitative estimate of drug-likeness (QED) is 0.442. The molecule has 0 saturated carbocycles.